The number of carbonyl (C=O) groups is 1. The number of amides is 1. The molecule has 0 aliphatic heterocycles. The van der Waals surface area contributed by atoms with Gasteiger partial charge in [-0.1, -0.05) is 11.6 Å². The molecule has 0 bridgehead atoms. The molecule has 14 heteroatoms. The summed E-state index contributed by atoms with van der Waals surface area (Å²) in [5.41, 5.74) is 6.65. The standard InChI is InChI=1S/C18H23ClN6O6S/c1-11-3-5-13(24-32(28,29)15-9-12(19)4-6-14(15)30-2)17(27)25(11)10-16(26)22-7-8-31-23-18(20)21/h3-6,9,24H,7-8,10H2,1-2H3,(H,22,26)(H4,20,21,23). The Labute approximate surface area is 189 Å². The van der Waals surface area contributed by atoms with Crippen LogP contribution in [0.3, 0.4) is 0 Å². The molecule has 1 amide bonds. The molecule has 0 aliphatic rings. The van der Waals surface area contributed by atoms with E-state index < -0.39 is 21.5 Å². The number of nitrogens with two attached hydrogens (primary N) is 1. The molecule has 174 valence electrons. The molecule has 0 radical (unpaired) electrons. The molecular weight excluding hydrogens is 464 g/mol. The molecule has 32 heavy (non-hydrogen) atoms. The average Bonchev–Trinajstić information content (AvgIpc) is 2.72. The third kappa shape index (κ3) is 6.60. The fourth-order valence-corrected chi connectivity index (χ4v) is 4.06. The van der Waals surface area contributed by atoms with Gasteiger partial charge in [0.1, 0.15) is 22.9 Å². The topological polar surface area (TPSA) is 178 Å². The summed E-state index contributed by atoms with van der Waals surface area (Å²) < 4.78 is 34.1. The van der Waals surface area contributed by atoms with Crippen molar-refractivity contribution in [3.8, 4) is 5.75 Å². The van der Waals surface area contributed by atoms with Crippen molar-refractivity contribution >= 4 is 39.2 Å². The Bertz CT molecular complexity index is 1170. The molecule has 0 atom stereocenters. The van der Waals surface area contributed by atoms with Gasteiger partial charge in [-0.3, -0.25) is 24.6 Å². The summed E-state index contributed by atoms with van der Waals surface area (Å²) in [5, 5.41) is 9.64. The number of sulfonamides is 1. The zero-order chi connectivity index (χ0) is 23.9. The lowest BCUT2D eigenvalue weighted by atomic mass is 10.3. The second kappa shape index (κ2) is 10.8. The van der Waals surface area contributed by atoms with Crippen LogP contribution in [0.4, 0.5) is 5.69 Å². The monoisotopic (exact) mass is 486 g/mol. The van der Waals surface area contributed by atoms with Crippen LogP contribution in [0, 0.1) is 12.3 Å². The first-order valence-electron chi connectivity index (χ1n) is 9.10. The van der Waals surface area contributed by atoms with E-state index >= 15 is 0 Å². The molecule has 0 spiro atoms. The van der Waals surface area contributed by atoms with E-state index in [0.717, 1.165) is 4.57 Å². The van der Waals surface area contributed by atoms with Crippen LogP contribution >= 0.6 is 11.6 Å². The lowest BCUT2D eigenvalue weighted by molar-refractivity contribution is -0.122. The highest BCUT2D eigenvalue weighted by atomic mass is 35.5. The van der Waals surface area contributed by atoms with E-state index in [9.17, 15) is 18.0 Å². The van der Waals surface area contributed by atoms with Crippen molar-refractivity contribution in [2.45, 2.75) is 18.4 Å². The molecular formula is C18H23ClN6O6S. The van der Waals surface area contributed by atoms with E-state index in [1.54, 1.807) is 6.92 Å². The first kappa shape index (κ1) is 25.0. The average molecular weight is 487 g/mol. The molecule has 1 aromatic heterocycles. The molecule has 0 aliphatic carbocycles. The third-order valence-corrected chi connectivity index (χ3v) is 5.68. The van der Waals surface area contributed by atoms with Crippen molar-refractivity contribution in [1.29, 1.82) is 5.41 Å². The number of anilines is 1. The Balaban J connectivity index is 2.18. The van der Waals surface area contributed by atoms with Gasteiger partial charge >= 0.3 is 0 Å². The SMILES string of the molecule is COc1ccc(Cl)cc1S(=O)(=O)Nc1ccc(C)n(CC(=O)NCCONC(=N)N)c1=O. The Kier molecular flexibility index (Phi) is 8.46. The number of carbonyl (C=O) groups excluding carboxylic acids is 1. The van der Waals surface area contributed by atoms with E-state index in [1.807, 2.05) is 0 Å². The van der Waals surface area contributed by atoms with Crippen LogP contribution in [0.2, 0.25) is 5.02 Å². The maximum absolute atomic E-state index is 12.8. The maximum atomic E-state index is 12.8. The first-order valence-corrected chi connectivity index (χ1v) is 11.0. The molecule has 2 aromatic rings. The molecule has 1 heterocycles. The molecule has 0 fully saturated rings. The fourth-order valence-electron chi connectivity index (χ4n) is 2.57. The lowest BCUT2D eigenvalue weighted by Gasteiger charge is -2.15. The minimum atomic E-state index is -4.21. The van der Waals surface area contributed by atoms with E-state index in [-0.39, 0.29) is 47.0 Å². The van der Waals surface area contributed by atoms with Crippen molar-refractivity contribution in [1.82, 2.24) is 15.4 Å². The smallest absolute Gasteiger partial charge is 0.275 e. The normalized spacial score (nSPS) is 11.0. The molecule has 1 aromatic carbocycles. The Hall–Kier alpha value is -3.29. The Morgan fingerprint density at radius 2 is 2.00 bits per heavy atom. The van der Waals surface area contributed by atoms with Gasteiger partial charge in [0.25, 0.3) is 15.6 Å². The summed E-state index contributed by atoms with van der Waals surface area (Å²) in [7, 11) is -2.90. The van der Waals surface area contributed by atoms with Crippen molar-refractivity contribution in [2.75, 3.05) is 25.0 Å². The molecule has 0 unspecified atom stereocenters. The zero-order valence-electron chi connectivity index (χ0n) is 17.3. The summed E-state index contributed by atoms with van der Waals surface area (Å²) in [6.07, 6.45) is 0. The number of hydrogen-bond acceptors (Lipinski definition) is 7. The number of nitrogens with zero attached hydrogens (tertiary/aromatic N) is 1. The summed E-state index contributed by atoms with van der Waals surface area (Å²) in [4.78, 5) is 29.6. The summed E-state index contributed by atoms with van der Waals surface area (Å²) in [6.45, 7) is 1.38. The van der Waals surface area contributed by atoms with Crippen LogP contribution in [0.1, 0.15) is 5.69 Å². The number of aryl methyl sites for hydroxylation is 1. The number of pyridine rings is 1. The van der Waals surface area contributed by atoms with Gasteiger partial charge in [-0.25, -0.2) is 13.9 Å². The van der Waals surface area contributed by atoms with Crippen LogP contribution in [0.5, 0.6) is 5.75 Å². The quantitative estimate of drug-likeness (QED) is 0.136. The van der Waals surface area contributed by atoms with Gasteiger partial charge < -0.3 is 20.4 Å². The number of guanidine groups is 1. The fraction of sp³-hybridized carbons (Fsp3) is 0.278. The van der Waals surface area contributed by atoms with Crippen LogP contribution in [-0.4, -0.2) is 45.1 Å². The van der Waals surface area contributed by atoms with Crippen LogP contribution in [-0.2, 0) is 26.2 Å². The second-order valence-corrected chi connectivity index (χ2v) is 8.48. The Morgan fingerprint density at radius 1 is 1.28 bits per heavy atom. The highest BCUT2D eigenvalue weighted by Crippen LogP contribution is 2.28. The summed E-state index contributed by atoms with van der Waals surface area (Å²) >= 11 is 5.91. The van der Waals surface area contributed by atoms with E-state index in [4.69, 9.17) is 32.3 Å². The summed E-state index contributed by atoms with van der Waals surface area (Å²) in [6, 6.07) is 6.87. The Morgan fingerprint density at radius 3 is 2.66 bits per heavy atom. The molecule has 2 rings (SSSR count). The molecule has 0 saturated carbocycles. The van der Waals surface area contributed by atoms with Crippen molar-refractivity contribution in [2.24, 2.45) is 5.73 Å². The number of ether oxygens (including phenoxy) is 1. The predicted octanol–water partition coefficient (Wildman–Crippen LogP) is 0.150. The van der Waals surface area contributed by atoms with E-state index in [1.165, 1.54) is 37.4 Å². The summed E-state index contributed by atoms with van der Waals surface area (Å²) in [5.74, 6) is -0.832. The minimum Gasteiger partial charge on any atom is -0.495 e. The van der Waals surface area contributed by atoms with Gasteiger partial charge in [0, 0.05) is 17.3 Å². The molecule has 6 N–H and O–H groups in total. The van der Waals surface area contributed by atoms with Crippen LogP contribution < -0.4 is 31.5 Å². The van der Waals surface area contributed by atoms with Gasteiger partial charge in [0.15, 0.2) is 0 Å². The highest BCUT2D eigenvalue weighted by Gasteiger charge is 2.22. The van der Waals surface area contributed by atoms with Crippen molar-refractivity contribution < 1.29 is 22.8 Å². The number of halogens is 1. The number of methoxy groups -OCH3 is 1. The molecule has 0 saturated heterocycles. The highest BCUT2D eigenvalue weighted by molar-refractivity contribution is 7.92. The van der Waals surface area contributed by atoms with Gasteiger partial charge in [-0.15, -0.1) is 0 Å². The minimum absolute atomic E-state index is 0.0283. The van der Waals surface area contributed by atoms with Crippen molar-refractivity contribution in [3.63, 3.8) is 0 Å². The third-order valence-electron chi connectivity index (χ3n) is 4.06. The van der Waals surface area contributed by atoms with Gasteiger partial charge in [-0.05, 0) is 37.3 Å². The van der Waals surface area contributed by atoms with Crippen molar-refractivity contribution in [3.05, 3.63) is 51.4 Å². The number of rotatable bonds is 10. The van der Waals surface area contributed by atoms with Gasteiger partial charge in [0.05, 0.1) is 13.7 Å². The molecule has 12 nitrogen and oxygen atoms in total. The predicted molar refractivity (Wildman–Crippen MR) is 118 cm³/mol. The lowest BCUT2D eigenvalue weighted by Crippen LogP contribution is -2.37. The zero-order valence-corrected chi connectivity index (χ0v) is 18.8. The number of hydroxylamine groups is 1. The van der Waals surface area contributed by atoms with E-state index in [2.05, 4.69) is 15.5 Å². The van der Waals surface area contributed by atoms with Gasteiger partial charge in [0.2, 0.25) is 11.9 Å². The maximum Gasteiger partial charge on any atom is 0.275 e. The number of nitrogens with one attached hydrogen (secondary N) is 4. The number of benzene rings is 1. The second-order valence-electron chi connectivity index (χ2n) is 6.39. The largest absolute Gasteiger partial charge is 0.495 e. The number of hydrogen-bond donors (Lipinski definition) is 5. The van der Waals surface area contributed by atoms with E-state index in [0.29, 0.717) is 5.69 Å². The van der Waals surface area contributed by atoms with Crippen LogP contribution in [0.25, 0.3) is 0 Å². The first-order chi connectivity index (χ1) is 15.0. The number of aromatic nitrogens is 1. The van der Waals surface area contributed by atoms with Crippen LogP contribution in [0.15, 0.2) is 40.0 Å². The van der Waals surface area contributed by atoms with Gasteiger partial charge in [-0.2, -0.15) is 0 Å².